The molecule has 0 aliphatic heterocycles. The molecule has 0 bridgehead atoms. The van der Waals surface area contributed by atoms with Crippen molar-refractivity contribution in [1.82, 2.24) is 0 Å². The van der Waals surface area contributed by atoms with Gasteiger partial charge in [0.15, 0.2) is 0 Å². The van der Waals surface area contributed by atoms with Gasteiger partial charge in [-0.25, -0.2) is 0 Å². The van der Waals surface area contributed by atoms with Crippen LogP contribution in [0.1, 0.15) is 30.9 Å². The fourth-order valence-corrected chi connectivity index (χ4v) is 5.41. The van der Waals surface area contributed by atoms with E-state index < -0.39 is 0 Å². The molecule has 0 amide bonds. The first-order valence-electron chi connectivity index (χ1n) is 9.63. The summed E-state index contributed by atoms with van der Waals surface area (Å²) in [4.78, 5) is 2.72. The number of benzene rings is 2. The summed E-state index contributed by atoms with van der Waals surface area (Å²) >= 11 is 3.28. The van der Waals surface area contributed by atoms with E-state index in [9.17, 15) is 0 Å². The fourth-order valence-electron chi connectivity index (χ4n) is 2.99. The van der Waals surface area contributed by atoms with Gasteiger partial charge in [0.25, 0.3) is 0 Å². The van der Waals surface area contributed by atoms with Crippen LogP contribution in [0.25, 0.3) is 20.9 Å². The number of ether oxygens (including phenoxy) is 1. The van der Waals surface area contributed by atoms with Crippen LogP contribution in [0, 0.1) is 33.3 Å². The summed E-state index contributed by atoms with van der Waals surface area (Å²) in [5, 5.41) is 0. The van der Waals surface area contributed by atoms with Crippen molar-refractivity contribution in [2.75, 3.05) is 7.11 Å². The molecule has 0 spiro atoms. The fraction of sp³-hybridized carbons (Fsp3) is 0.185. The Bertz CT molecular complexity index is 1030. The summed E-state index contributed by atoms with van der Waals surface area (Å²) in [6, 6.07) is 21.5. The summed E-state index contributed by atoms with van der Waals surface area (Å²) in [6.45, 7) is 24.8. The van der Waals surface area contributed by atoms with Gasteiger partial charge >= 0.3 is 222 Å². The van der Waals surface area contributed by atoms with Crippen molar-refractivity contribution in [1.29, 1.82) is 0 Å². The first-order chi connectivity index (χ1) is 17.3. The molecule has 178 valence electrons. The number of hydrogen-bond donors (Lipinski definition) is 0. The van der Waals surface area contributed by atoms with Gasteiger partial charge in [0.2, 0.25) is 0 Å². The van der Waals surface area contributed by atoms with Crippen molar-refractivity contribution in [2.45, 2.75) is 26.2 Å². The van der Waals surface area contributed by atoms with Gasteiger partial charge in [0, 0.05) is 0 Å². The molecule has 0 unspecified atom stereocenters. The van der Waals surface area contributed by atoms with E-state index in [0.29, 0.717) is 0 Å². The normalized spacial score (nSPS) is 8.00. The maximum atomic E-state index is 7.50. The molecule has 0 saturated heterocycles. The predicted molar refractivity (Wildman–Crippen MR) is 125 cm³/mol. The van der Waals surface area contributed by atoms with Gasteiger partial charge in [-0.05, 0) is 0 Å². The molecule has 2 aromatic carbocycles. The van der Waals surface area contributed by atoms with Crippen LogP contribution in [0.2, 0.25) is 0 Å². The van der Waals surface area contributed by atoms with E-state index in [1.165, 1.54) is 64.2 Å². The second kappa shape index (κ2) is 26.0. The molecule has 0 saturated carbocycles. The minimum atomic E-state index is 1.09. The maximum absolute atomic E-state index is 7.50. The zero-order valence-corrected chi connectivity index (χ0v) is 22.9. The Labute approximate surface area is 221 Å². The summed E-state index contributed by atoms with van der Waals surface area (Å²) < 4.78 is 44.3. The third-order valence-electron chi connectivity index (χ3n) is 4.25. The molecule has 0 atom stereocenters. The van der Waals surface area contributed by atoms with Gasteiger partial charge in [0.05, 0.1) is 0 Å². The van der Waals surface area contributed by atoms with Crippen LogP contribution < -0.4 is 0 Å². The molecule has 1 heterocycles. The van der Waals surface area contributed by atoms with Crippen LogP contribution in [0.4, 0.5) is 0 Å². The Hall–Kier alpha value is -2.64. The molecular weight excluding hydrogens is 636 g/mol. The molecular formula is C27H22O6SW. The molecule has 35 heavy (non-hydrogen) atoms. The number of methoxy groups -OCH3 is 1. The van der Waals surface area contributed by atoms with Crippen LogP contribution in [0.5, 0.6) is 0 Å². The average Bonchev–Trinajstić information content (AvgIpc) is 3.37. The molecule has 0 aliphatic rings. The molecule has 0 fully saturated rings. The van der Waals surface area contributed by atoms with Crippen molar-refractivity contribution < 1.29 is 47.4 Å². The second-order valence-corrected chi connectivity index (χ2v) is 8.29. The monoisotopic (exact) mass is 658 g/mol. The van der Waals surface area contributed by atoms with Crippen LogP contribution in [-0.2, 0) is 53.8 Å². The van der Waals surface area contributed by atoms with Crippen LogP contribution in [-0.4, -0.2) is 11.2 Å². The predicted octanol–water partition coefficient (Wildman–Crippen LogP) is 5.91. The van der Waals surface area contributed by atoms with E-state index in [0.717, 1.165) is 10.5 Å². The molecule has 0 aliphatic carbocycles. The Morgan fingerprint density at radius 2 is 1.14 bits per heavy atom. The second-order valence-electron chi connectivity index (χ2n) is 5.94. The average molecular weight is 658 g/mol. The summed E-state index contributed by atoms with van der Waals surface area (Å²) in [5.41, 5.74) is 5.35. The van der Waals surface area contributed by atoms with Crippen LogP contribution in [0.3, 0.4) is 0 Å². The third-order valence-corrected chi connectivity index (χ3v) is 6.91. The summed E-state index contributed by atoms with van der Waals surface area (Å²) in [5.74, 6) is 0. The number of hydrogen-bond acceptors (Lipinski definition) is 2. The zero-order chi connectivity index (χ0) is 27.6. The van der Waals surface area contributed by atoms with Crippen molar-refractivity contribution >= 4 is 15.4 Å². The van der Waals surface area contributed by atoms with Crippen molar-refractivity contribution in [3.8, 4) is 20.9 Å². The SMILES string of the molecule is CCCCc1c(-c2ccccc2)sc(-c2ccccc2)c1[C](=[W])OC.[C-]#[O+].[C-]#[O+].[C-]#[O+].[C-]#[O+].[C-]#[O+]. The Kier molecular flexibility index (Phi) is 27.4. The van der Waals surface area contributed by atoms with E-state index in [1.54, 1.807) is 7.11 Å². The summed E-state index contributed by atoms with van der Waals surface area (Å²) in [7, 11) is 1.79. The van der Waals surface area contributed by atoms with Gasteiger partial charge in [-0.1, -0.05) is 0 Å². The Balaban J connectivity index is -0.000000912. The molecule has 6 nitrogen and oxygen atoms in total. The van der Waals surface area contributed by atoms with Gasteiger partial charge in [-0.15, -0.1) is 0 Å². The molecule has 1 aromatic heterocycles. The molecule has 3 aromatic rings. The minimum absolute atomic E-state index is 1.09. The van der Waals surface area contributed by atoms with Gasteiger partial charge in [0.1, 0.15) is 0 Å². The number of rotatable bonds is 7. The first-order valence-corrected chi connectivity index (χ1v) is 11.9. The van der Waals surface area contributed by atoms with E-state index in [4.69, 9.17) is 28.0 Å². The topological polar surface area (TPSA) is 109 Å². The number of thiophene rings is 1. The summed E-state index contributed by atoms with van der Waals surface area (Å²) in [6.07, 6.45) is 3.49. The molecule has 3 rings (SSSR count). The van der Waals surface area contributed by atoms with E-state index in [2.05, 4.69) is 101 Å². The first kappa shape index (κ1) is 36.9. The quantitative estimate of drug-likeness (QED) is 0.229. The van der Waals surface area contributed by atoms with E-state index >= 15 is 0 Å². The Morgan fingerprint density at radius 1 is 0.743 bits per heavy atom. The van der Waals surface area contributed by atoms with Crippen molar-refractivity contribution in [3.05, 3.63) is 105 Å². The van der Waals surface area contributed by atoms with Crippen molar-refractivity contribution in [2.24, 2.45) is 0 Å². The van der Waals surface area contributed by atoms with Crippen LogP contribution >= 0.6 is 11.3 Å². The van der Waals surface area contributed by atoms with E-state index in [-0.39, 0.29) is 0 Å². The standard InChI is InChI=1S/C22H22OS.5CO.W/c1-3-4-15-19-20(16-23-2)22(18-13-9-6-10-14-18)24-21(19)17-11-7-5-8-12-17;5*1-2;/h5-14H,3-4,15H2,1-2H3;;;;;;. The van der Waals surface area contributed by atoms with Gasteiger partial charge < -0.3 is 0 Å². The van der Waals surface area contributed by atoms with E-state index in [1.807, 2.05) is 11.3 Å². The van der Waals surface area contributed by atoms with Gasteiger partial charge in [-0.3, -0.25) is 0 Å². The zero-order valence-electron chi connectivity index (χ0n) is 19.2. The molecule has 0 N–H and O–H groups in total. The Morgan fingerprint density at radius 3 is 1.51 bits per heavy atom. The number of unbranched alkanes of at least 4 members (excludes halogenated alkanes) is 1. The molecule has 8 heteroatoms. The van der Waals surface area contributed by atoms with Gasteiger partial charge in [-0.2, -0.15) is 0 Å². The van der Waals surface area contributed by atoms with Crippen LogP contribution in [0.15, 0.2) is 60.7 Å². The van der Waals surface area contributed by atoms with Crippen molar-refractivity contribution in [3.63, 3.8) is 0 Å². The third kappa shape index (κ3) is 12.1. The molecule has 0 radical (unpaired) electrons.